The molecule has 0 aliphatic carbocycles. The first-order valence-electron chi connectivity index (χ1n) is 8.62. The van der Waals surface area contributed by atoms with Crippen LogP contribution in [0.1, 0.15) is 29.4 Å². The first kappa shape index (κ1) is 17.0. The van der Waals surface area contributed by atoms with Crippen LogP contribution < -0.4 is 4.74 Å². The maximum Gasteiger partial charge on any atom is 0.144 e. The Morgan fingerprint density at radius 1 is 1.00 bits per heavy atom. The molecule has 0 radical (unpaired) electrons. The third-order valence-electron chi connectivity index (χ3n) is 4.24. The molecule has 0 spiro atoms. The van der Waals surface area contributed by atoms with Gasteiger partial charge >= 0.3 is 0 Å². The van der Waals surface area contributed by atoms with Gasteiger partial charge in [0.25, 0.3) is 0 Å². The molecule has 128 valence electrons. The molecule has 0 atom stereocenters. The Balaban J connectivity index is 1.96. The van der Waals surface area contributed by atoms with Gasteiger partial charge in [-0.3, -0.25) is 4.99 Å². The molecular formula is C22H24N2O. The second kappa shape index (κ2) is 7.39. The van der Waals surface area contributed by atoms with Gasteiger partial charge in [0.05, 0.1) is 6.61 Å². The summed E-state index contributed by atoms with van der Waals surface area (Å²) >= 11 is 0. The quantitative estimate of drug-likeness (QED) is 0.562. The highest BCUT2D eigenvalue weighted by Crippen LogP contribution is 2.27. The van der Waals surface area contributed by atoms with E-state index < -0.39 is 0 Å². The predicted octanol–water partition coefficient (Wildman–Crippen LogP) is 5.55. The Morgan fingerprint density at radius 2 is 1.80 bits per heavy atom. The van der Waals surface area contributed by atoms with Crippen LogP contribution in [0.2, 0.25) is 0 Å². The lowest BCUT2D eigenvalue weighted by Crippen LogP contribution is -1.99. The number of ether oxygens (including phenoxy) is 1. The van der Waals surface area contributed by atoms with Gasteiger partial charge in [0.1, 0.15) is 11.4 Å². The fraction of sp³-hybridized carbons (Fsp3) is 0.227. The average Bonchev–Trinajstić information content (AvgIpc) is 2.88. The van der Waals surface area contributed by atoms with Crippen molar-refractivity contribution in [3.8, 4) is 11.4 Å². The van der Waals surface area contributed by atoms with Gasteiger partial charge < -0.3 is 9.30 Å². The molecule has 3 aromatic rings. The molecule has 3 rings (SSSR count). The molecule has 25 heavy (non-hydrogen) atoms. The molecule has 2 aromatic carbocycles. The van der Waals surface area contributed by atoms with Crippen molar-refractivity contribution >= 4 is 11.9 Å². The van der Waals surface area contributed by atoms with Crippen molar-refractivity contribution in [2.45, 2.75) is 27.7 Å². The highest BCUT2D eigenvalue weighted by molar-refractivity contribution is 5.85. The van der Waals surface area contributed by atoms with E-state index in [2.05, 4.69) is 60.7 Å². The first-order valence-corrected chi connectivity index (χ1v) is 8.62. The smallest absolute Gasteiger partial charge is 0.144 e. The first-order chi connectivity index (χ1) is 12.1. The molecule has 0 bridgehead atoms. The Morgan fingerprint density at radius 3 is 2.56 bits per heavy atom. The number of aliphatic imine (C=N–C) groups is 1. The van der Waals surface area contributed by atoms with Crippen LogP contribution in [0.4, 0.5) is 5.69 Å². The van der Waals surface area contributed by atoms with E-state index in [0.717, 1.165) is 17.0 Å². The summed E-state index contributed by atoms with van der Waals surface area (Å²) in [6.45, 7) is 8.99. The van der Waals surface area contributed by atoms with E-state index >= 15 is 0 Å². The van der Waals surface area contributed by atoms with Gasteiger partial charge in [-0.1, -0.05) is 24.3 Å². The van der Waals surface area contributed by atoms with Crippen molar-refractivity contribution in [2.75, 3.05) is 6.61 Å². The molecule has 0 saturated carbocycles. The molecule has 0 aliphatic heterocycles. The zero-order chi connectivity index (χ0) is 17.8. The van der Waals surface area contributed by atoms with Gasteiger partial charge in [-0.25, -0.2) is 0 Å². The second-order valence-corrected chi connectivity index (χ2v) is 6.16. The Bertz CT molecular complexity index is 906. The van der Waals surface area contributed by atoms with Gasteiger partial charge in [-0.05, 0) is 63.6 Å². The average molecular weight is 332 g/mol. The molecule has 3 heteroatoms. The Labute approximate surface area is 149 Å². The Kier molecular flexibility index (Phi) is 5.03. The van der Waals surface area contributed by atoms with Gasteiger partial charge in [0, 0.05) is 28.9 Å². The maximum atomic E-state index is 5.65. The fourth-order valence-corrected chi connectivity index (χ4v) is 3.06. The number of hydrogen-bond donors (Lipinski definition) is 0. The number of benzene rings is 2. The van der Waals surface area contributed by atoms with E-state index in [1.54, 1.807) is 0 Å². The largest absolute Gasteiger partial charge is 0.492 e. The number of hydrogen-bond acceptors (Lipinski definition) is 2. The molecule has 0 amide bonds. The summed E-state index contributed by atoms with van der Waals surface area (Å²) in [7, 11) is 0. The third-order valence-corrected chi connectivity index (χ3v) is 4.24. The van der Waals surface area contributed by atoms with E-state index in [1.807, 2.05) is 37.4 Å². The zero-order valence-corrected chi connectivity index (χ0v) is 15.3. The molecule has 0 N–H and O–H groups in total. The molecule has 0 saturated heterocycles. The summed E-state index contributed by atoms with van der Waals surface area (Å²) in [4.78, 5) is 4.66. The van der Waals surface area contributed by atoms with E-state index in [0.29, 0.717) is 6.61 Å². The lowest BCUT2D eigenvalue weighted by molar-refractivity contribution is 0.341. The second-order valence-electron chi connectivity index (χ2n) is 6.16. The van der Waals surface area contributed by atoms with Crippen LogP contribution >= 0.6 is 0 Å². The number of nitrogens with zero attached hydrogens (tertiary/aromatic N) is 2. The molecule has 0 aliphatic rings. The summed E-state index contributed by atoms with van der Waals surface area (Å²) in [5, 5.41) is 0. The summed E-state index contributed by atoms with van der Waals surface area (Å²) < 4.78 is 7.91. The minimum atomic E-state index is 0.633. The summed E-state index contributed by atoms with van der Waals surface area (Å²) in [5.74, 6) is 0.814. The zero-order valence-electron chi connectivity index (χ0n) is 15.3. The van der Waals surface area contributed by atoms with Crippen LogP contribution in [0.3, 0.4) is 0 Å². The molecular weight excluding hydrogens is 308 g/mol. The third kappa shape index (κ3) is 3.66. The van der Waals surface area contributed by atoms with Crippen molar-refractivity contribution < 1.29 is 4.74 Å². The van der Waals surface area contributed by atoms with Gasteiger partial charge in [-0.2, -0.15) is 0 Å². The molecule has 1 heterocycles. The van der Waals surface area contributed by atoms with Crippen LogP contribution in [0.15, 0.2) is 59.6 Å². The standard InChI is InChI=1S/C22H24N2O/c1-5-25-22-12-7-6-11-21(22)23-15-19-14-17(3)24(18(19)4)20-10-8-9-16(2)13-20/h6-15H,5H2,1-4H3. The summed E-state index contributed by atoms with van der Waals surface area (Å²) in [6, 6.07) is 18.6. The van der Waals surface area contributed by atoms with Crippen molar-refractivity contribution in [3.63, 3.8) is 0 Å². The molecule has 0 unspecified atom stereocenters. The summed E-state index contributed by atoms with van der Waals surface area (Å²) in [6.07, 6.45) is 1.92. The van der Waals surface area contributed by atoms with Crippen LogP contribution in [0.25, 0.3) is 5.69 Å². The van der Waals surface area contributed by atoms with Crippen LogP contribution in [-0.2, 0) is 0 Å². The highest BCUT2D eigenvalue weighted by Gasteiger charge is 2.10. The molecule has 1 aromatic heterocycles. The lowest BCUT2D eigenvalue weighted by Gasteiger charge is -2.10. The van der Waals surface area contributed by atoms with E-state index in [4.69, 9.17) is 4.74 Å². The highest BCUT2D eigenvalue weighted by atomic mass is 16.5. The number of aryl methyl sites for hydroxylation is 2. The SMILES string of the molecule is CCOc1ccccc1N=Cc1cc(C)n(-c2cccc(C)c2)c1C. The maximum absolute atomic E-state index is 5.65. The van der Waals surface area contributed by atoms with Crippen molar-refractivity contribution in [1.82, 2.24) is 4.57 Å². The number of aromatic nitrogens is 1. The van der Waals surface area contributed by atoms with Gasteiger partial charge in [-0.15, -0.1) is 0 Å². The number of rotatable bonds is 5. The van der Waals surface area contributed by atoms with E-state index in [9.17, 15) is 0 Å². The topological polar surface area (TPSA) is 26.5 Å². The monoisotopic (exact) mass is 332 g/mol. The van der Waals surface area contributed by atoms with Crippen LogP contribution in [0.5, 0.6) is 5.75 Å². The minimum Gasteiger partial charge on any atom is -0.492 e. The number of para-hydroxylation sites is 2. The van der Waals surface area contributed by atoms with Gasteiger partial charge in [0.2, 0.25) is 0 Å². The lowest BCUT2D eigenvalue weighted by atomic mass is 10.2. The normalized spacial score (nSPS) is 11.2. The van der Waals surface area contributed by atoms with Crippen molar-refractivity contribution in [3.05, 3.63) is 77.1 Å². The molecule has 0 fully saturated rings. The summed E-state index contributed by atoms with van der Waals surface area (Å²) in [5.41, 5.74) is 6.79. The fourth-order valence-electron chi connectivity index (χ4n) is 3.06. The molecule has 3 nitrogen and oxygen atoms in total. The van der Waals surface area contributed by atoms with Crippen LogP contribution in [0, 0.1) is 20.8 Å². The van der Waals surface area contributed by atoms with Crippen molar-refractivity contribution in [2.24, 2.45) is 4.99 Å². The van der Waals surface area contributed by atoms with Crippen LogP contribution in [-0.4, -0.2) is 17.4 Å². The minimum absolute atomic E-state index is 0.633. The predicted molar refractivity (Wildman–Crippen MR) is 105 cm³/mol. The van der Waals surface area contributed by atoms with Gasteiger partial charge in [0.15, 0.2) is 0 Å². The van der Waals surface area contributed by atoms with E-state index in [1.165, 1.54) is 22.6 Å². The van der Waals surface area contributed by atoms with E-state index in [-0.39, 0.29) is 0 Å². The van der Waals surface area contributed by atoms with Crippen molar-refractivity contribution in [1.29, 1.82) is 0 Å². The Hall–Kier alpha value is -2.81.